The van der Waals surface area contributed by atoms with Crippen LogP contribution in [0, 0.1) is 0 Å². The Bertz CT molecular complexity index is 335. The molecule has 1 aromatic carbocycles. The van der Waals surface area contributed by atoms with Crippen LogP contribution in [0.25, 0.3) is 0 Å². The molecule has 0 amide bonds. The number of aliphatic hydroxyl groups is 1. The van der Waals surface area contributed by atoms with E-state index in [1.165, 1.54) is 0 Å². The molecule has 0 aliphatic carbocycles. The molecule has 4 heteroatoms. The SMILES string of the molecule is CC(C)N(CCCO)Cc1c(Cl)cccc1Cl. The minimum absolute atomic E-state index is 0.208. The molecule has 0 unspecified atom stereocenters. The third-order valence-electron chi connectivity index (χ3n) is 2.76. The molecule has 0 atom stereocenters. The minimum Gasteiger partial charge on any atom is -0.396 e. The van der Waals surface area contributed by atoms with Gasteiger partial charge in [-0.2, -0.15) is 0 Å². The number of rotatable bonds is 6. The van der Waals surface area contributed by atoms with Gasteiger partial charge in [0.1, 0.15) is 0 Å². The summed E-state index contributed by atoms with van der Waals surface area (Å²) in [7, 11) is 0. The second-order valence-electron chi connectivity index (χ2n) is 4.34. The van der Waals surface area contributed by atoms with E-state index in [1.54, 1.807) is 0 Å². The summed E-state index contributed by atoms with van der Waals surface area (Å²) in [4.78, 5) is 2.25. The lowest BCUT2D eigenvalue weighted by Crippen LogP contribution is -2.32. The maximum atomic E-state index is 8.89. The van der Waals surface area contributed by atoms with Gasteiger partial charge in [-0.1, -0.05) is 29.3 Å². The summed E-state index contributed by atoms with van der Waals surface area (Å²) in [5.74, 6) is 0. The minimum atomic E-state index is 0.208. The first-order valence-corrected chi connectivity index (χ1v) is 6.59. The van der Waals surface area contributed by atoms with Gasteiger partial charge in [0, 0.05) is 41.3 Å². The molecule has 0 radical (unpaired) electrons. The number of halogens is 2. The monoisotopic (exact) mass is 275 g/mol. The highest BCUT2D eigenvalue weighted by Gasteiger charge is 2.13. The molecule has 1 rings (SSSR count). The maximum Gasteiger partial charge on any atom is 0.0465 e. The average molecular weight is 276 g/mol. The Balaban J connectivity index is 2.78. The normalized spacial score (nSPS) is 11.5. The van der Waals surface area contributed by atoms with E-state index in [2.05, 4.69) is 18.7 Å². The van der Waals surface area contributed by atoms with Crippen molar-refractivity contribution in [1.82, 2.24) is 4.90 Å². The molecule has 0 spiro atoms. The summed E-state index contributed by atoms with van der Waals surface area (Å²) in [6.45, 7) is 6.02. The van der Waals surface area contributed by atoms with Gasteiger partial charge < -0.3 is 5.11 Å². The van der Waals surface area contributed by atoms with Crippen LogP contribution >= 0.6 is 23.2 Å². The topological polar surface area (TPSA) is 23.5 Å². The third-order valence-corrected chi connectivity index (χ3v) is 3.46. The fourth-order valence-corrected chi connectivity index (χ4v) is 2.20. The zero-order chi connectivity index (χ0) is 12.8. The van der Waals surface area contributed by atoms with E-state index in [-0.39, 0.29) is 6.61 Å². The Morgan fingerprint density at radius 1 is 1.24 bits per heavy atom. The second kappa shape index (κ2) is 7.22. The predicted molar refractivity (Wildman–Crippen MR) is 73.7 cm³/mol. The number of benzene rings is 1. The van der Waals surface area contributed by atoms with Crippen molar-refractivity contribution in [2.24, 2.45) is 0 Å². The van der Waals surface area contributed by atoms with Gasteiger partial charge in [-0.25, -0.2) is 0 Å². The van der Waals surface area contributed by atoms with Crippen molar-refractivity contribution >= 4 is 23.2 Å². The first kappa shape index (κ1) is 14.8. The third kappa shape index (κ3) is 4.47. The fourth-order valence-electron chi connectivity index (χ4n) is 1.68. The van der Waals surface area contributed by atoms with Crippen LogP contribution in [0.15, 0.2) is 18.2 Å². The lowest BCUT2D eigenvalue weighted by Gasteiger charge is -2.27. The molecule has 0 saturated carbocycles. The summed E-state index contributed by atoms with van der Waals surface area (Å²) in [6.07, 6.45) is 0.764. The first-order valence-electron chi connectivity index (χ1n) is 5.84. The Kier molecular flexibility index (Phi) is 6.28. The molecule has 0 aliphatic heterocycles. The highest BCUT2D eigenvalue weighted by molar-refractivity contribution is 6.35. The fraction of sp³-hybridized carbons (Fsp3) is 0.538. The van der Waals surface area contributed by atoms with Crippen molar-refractivity contribution in [2.45, 2.75) is 32.9 Å². The molecule has 17 heavy (non-hydrogen) atoms. The largest absolute Gasteiger partial charge is 0.396 e. The molecule has 96 valence electrons. The van der Waals surface area contributed by atoms with Crippen LogP contribution in [-0.4, -0.2) is 29.2 Å². The molecular weight excluding hydrogens is 257 g/mol. The maximum absolute atomic E-state index is 8.89. The van der Waals surface area contributed by atoms with Gasteiger partial charge in [-0.05, 0) is 32.4 Å². The van der Waals surface area contributed by atoms with Crippen molar-refractivity contribution in [3.63, 3.8) is 0 Å². The van der Waals surface area contributed by atoms with E-state index in [0.29, 0.717) is 16.1 Å². The van der Waals surface area contributed by atoms with Crippen LogP contribution in [0.3, 0.4) is 0 Å². The van der Waals surface area contributed by atoms with E-state index < -0.39 is 0 Å². The molecule has 0 aliphatic rings. The van der Waals surface area contributed by atoms with Crippen molar-refractivity contribution in [2.75, 3.05) is 13.2 Å². The second-order valence-corrected chi connectivity index (χ2v) is 5.16. The molecule has 0 aromatic heterocycles. The van der Waals surface area contributed by atoms with Crippen LogP contribution in [0.1, 0.15) is 25.8 Å². The highest BCUT2D eigenvalue weighted by atomic mass is 35.5. The Morgan fingerprint density at radius 3 is 2.29 bits per heavy atom. The van der Waals surface area contributed by atoms with Gasteiger partial charge in [-0.3, -0.25) is 4.90 Å². The average Bonchev–Trinajstić information content (AvgIpc) is 2.27. The van der Waals surface area contributed by atoms with Gasteiger partial charge in [0.15, 0.2) is 0 Å². The predicted octanol–water partition coefficient (Wildman–Crippen LogP) is 3.59. The molecule has 1 aromatic rings. The summed E-state index contributed by atoms with van der Waals surface area (Å²) in [5, 5.41) is 10.3. The molecule has 1 N–H and O–H groups in total. The van der Waals surface area contributed by atoms with Gasteiger partial charge in [0.25, 0.3) is 0 Å². The van der Waals surface area contributed by atoms with Crippen molar-refractivity contribution < 1.29 is 5.11 Å². The molecule has 0 bridgehead atoms. The summed E-state index contributed by atoms with van der Waals surface area (Å²) in [5.41, 5.74) is 0.961. The van der Waals surface area contributed by atoms with Crippen molar-refractivity contribution in [3.05, 3.63) is 33.8 Å². The van der Waals surface area contributed by atoms with E-state index in [1.807, 2.05) is 18.2 Å². The van der Waals surface area contributed by atoms with Crippen LogP contribution in [-0.2, 0) is 6.54 Å². The lowest BCUT2D eigenvalue weighted by atomic mass is 10.1. The molecule has 0 saturated heterocycles. The number of nitrogens with zero attached hydrogens (tertiary/aromatic N) is 1. The van der Waals surface area contributed by atoms with Crippen molar-refractivity contribution in [1.29, 1.82) is 0 Å². The van der Waals surface area contributed by atoms with Gasteiger partial charge in [-0.15, -0.1) is 0 Å². The van der Waals surface area contributed by atoms with Crippen LogP contribution in [0.5, 0.6) is 0 Å². The summed E-state index contributed by atoms with van der Waals surface area (Å²) >= 11 is 12.3. The zero-order valence-corrected chi connectivity index (χ0v) is 11.8. The van der Waals surface area contributed by atoms with Crippen molar-refractivity contribution in [3.8, 4) is 0 Å². The number of hydrogen-bond donors (Lipinski definition) is 1. The van der Waals surface area contributed by atoms with Crippen LogP contribution in [0.2, 0.25) is 10.0 Å². The van der Waals surface area contributed by atoms with Gasteiger partial charge in [0.2, 0.25) is 0 Å². The van der Waals surface area contributed by atoms with Crippen LogP contribution in [0.4, 0.5) is 0 Å². The van der Waals surface area contributed by atoms with Gasteiger partial charge >= 0.3 is 0 Å². The van der Waals surface area contributed by atoms with Crippen LogP contribution < -0.4 is 0 Å². The smallest absolute Gasteiger partial charge is 0.0465 e. The molecule has 0 fully saturated rings. The summed E-state index contributed by atoms with van der Waals surface area (Å²) < 4.78 is 0. The Labute approximate surface area is 113 Å². The van der Waals surface area contributed by atoms with E-state index in [9.17, 15) is 0 Å². The standard InChI is InChI=1S/C13H19Cl2NO/c1-10(2)16(7-4-8-17)9-11-12(14)5-3-6-13(11)15/h3,5-6,10,17H,4,7-9H2,1-2H3. The van der Waals surface area contributed by atoms with E-state index in [0.717, 1.165) is 25.1 Å². The van der Waals surface area contributed by atoms with Gasteiger partial charge in [0.05, 0.1) is 0 Å². The lowest BCUT2D eigenvalue weighted by molar-refractivity contribution is 0.185. The first-order chi connectivity index (χ1) is 8.06. The highest BCUT2D eigenvalue weighted by Crippen LogP contribution is 2.26. The Morgan fingerprint density at radius 2 is 1.82 bits per heavy atom. The Hall–Kier alpha value is -0.280. The zero-order valence-electron chi connectivity index (χ0n) is 10.3. The number of aliphatic hydroxyl groups excluding tert-OH is 1. The van der Waals surface area contributed by atoms with E-state index in [4.69, 9.17) is 28.3 Å². The van der Waals surface area contributed by atoms with E-state index >= 15 is 0 Å². The number of hydrogen-bond acceptors (Lipinski definition) is 2. The quantitative estimate of drug-likeness (QED) is 0.858. The molecule has 2 nitrogen and oxygen atoms in total. The molecular formula is C13H19Cl2NO. The molecule has 0 heterocycles. The summed E-state index contributed by atoms with van der Waals surface area (Å²) in [6, 6.07) is 5.95.